The second-order valence-corrected chi connectivity index (χ2v) is 8.18. The molecule has 4 rings (SSSR count). The summed E-state index contributed by atoms with van der Waals surface area (Å²) in [5.41, 5.74) is 1.15. The highest BCUT2D eigenvalue weighted by Gasteiger charge is 2.48. The first-order chi connectivity index (χ1) is 15.2. The van der Waals surface area contributed by atoms with E-state index in [9.17, 15) is 19.1 Å². The summed E-state index contributed by atoms with van der Waals surface area (Å²) in [6.45, 7) is 5.81. The molecule has 0 atom stereocenters. The Kier molecular flexibility index (Phi) is 5.24. The molecule has 166 valence electrons. The van der Waals surface area contributed by atoms with Crippen LogP contribution in [0, 0.1) is 5.82 Å². The van der Waals surface area contributed by atoms with E-state index in [1.54, 1.807) is 43.1 Å². The minimum atomic E-state index is -0.890. The van der Waals surface area contributed by atoms with Gasteiger partial charge in [0.1, 0.15) is 11.3 Å². The summed E-state index contributed by atoms with van der Waals surface area (Å²) in [6.07, 6.45) is 0.939. The van der Waals surface area contributed by atoms with Crippen LogP contribution in [0.1, 0.15) is 42.3 Å². The summed E-state index contributed by atoms with van der Waals surface area (Å²) in [5.74, 6) is -0.980. The van der Waals surface area contributed by atoms with Crippen LogP contribution in [0.15, 0.2) is 42.6 Å². The molecular weight excluding hydrogens is 413 g/mol. The van der Waals surface area contributed by atoms with E-state index >= 15 is 0 Å². The van der Waals surface area contributed by atoms with Crippen molar-refractivity contribution in [2.75, 3.05) is 18.6 Å². The predicted octanol–water partition coefficient (Wildman–Crippen LogP) is 4.56. The number of ether oxygens (including phenoxy) is 1. The number of hydrogen-bond acceptors (Lipinski definition) is 5. The number of carbonyl (C=O) groups excluding carboxylic acids is 2. The van der Waals surface area contributed by atoms with Gasteiger partial charge in [0, 0.05) is 30.7 Å². The fraction of sp³-hybridized carbons (Fsp3) is 0.292. The van der Waals surface area contributed by atoms with E-state index in [1.165, 1.54) is 23.2 Å². The van der Waals surface area contributed by atoms with Crippen LogP contribution < -0.4 is 4.90 Å². The van der Waals surface area contributed by atoms with Crippen molar-refractivity contribution in [3.05, 3.63) is 65.1 Å². The molecule has 1 aromatic heterocycles. The van der Waals surface area contributed by atoms with Crippen LogP contribution in [0.2, 0.25) is 0 Å². The van der Waals surface area contributed by atoms with Gasteiger partial charge in [0.2, 0.25) is 0 Å². The number of rotatable bonds is 4. The lowest BCUT2D eigenvalue weighted by molar-refractivity contribution is 0.0594. The van der Waals surface area contributed by atoms with E-state index in [-0.39, 0.29) is 35.8 Å². The second-order valence-electron chi connectivity index (χ2n) is 8.18. The fourth-order valence-electron chi connectivity index (χ4n) is 4.30. The number of carbonyl (C=O) groups is 2. The lowest BCUT2D eigenvalue weighted by Crippen LogP contribution is -2.39. The van der Waals surface area contributed by atoms with Crippen molar-refractivity contribution < 1.29 is 23.8 Å². The van der Waals surface area contributed by atoms with Gasteiger partial charge in [-0.15, -0.1) is 0 Å². The summed E-state index contributed by atoms with van der Waals surface area (Å²) in [4.78, 5) is 33.4. The summed E-state index contributed by atoms with van der Waals surface area (Å²) >= 11 is 0. The standard InChI is InChI=1S/C24H24FN3O4/c1-5-32-23(31)27(4)20-16-7-6-12-26-19(16)21(29)17-18(20)24(2,3)28(22(17)30)13-14-8-10-15(25)11-9-14/h6-12,29H,5,13H2,1-4H3. The number of anilines is 1. The molecule has 0 spiro atoms. The number of halogens is 1. The van der Waals surface area contributed by atoms with Gasteiger partial charge in [0.05, 0.1) is 23.4 Å². The highest BCUT2D eigenvalue weighted by molar-refractivity contribution is 6.14. The monoisotopic (exact) mass is 437 g/mol. The summed E-state index contributed by atoms with van der Waals surface area (Å²) < 4.78 is 18.6. The molecule has 0 aliphatic carbocycles. The lowest BCUT2D eigenvalue weighted by Gasteiger charge is -2.35. The Labute approximate surface area is 185 Å². The number of fused-ring (bicyclic) bond motifs is 2. The van der Waals surface area contributed by atoms with Crippen LogP contribution >= 0.6 is 0 Å². The summed E-state index contributed by atoms with van der Waals surface area (Å²) in [6, 6.07) is 9.36. The molecule has 2 aromatic carbocycles. The van der Waals surface area contributed by atoms with Gasteiger partial charge in [0.15, 0.2) is 5.75 Å². The van der Waals surface area contributed by atoms with Crippen LogP contribution in [-0.2, 0) is 16.8 Å². The third-order valence-electron chi connectivity index (χ3n) is 5.89. The molecule has 0 unspecified atom stereocenters. The lowest BCUT2D eigenvalue weighted by atomic mass is 9.88. The van der Waals surface area contributed by atoms with Crippen molar-refractivity contribution in [1.82, 2.24) is 9.88 Å². The molecular formula is C24H24FN3O4. The van der Waals surface area contributed by atoms with Crippen LogP contribution in [0.4, 0.5) is 14.9 Å². The largest absolute Gasteiger partial charge is 0.505 e. The number of aromatic nitrogens is 1. The topological polar surface area (TPSA) is 83.0 Å². The summed E-state index contributed by atoms with van der Waals surface area (Å²) in [7, 11) is 1.57. The van der Waals surface area contributed by atoms with Gasteiger partial charge < -0.3 is 14.7 Å². The molecule has 2 heterocycles. The maximum atomic E-state index is 13.5. The Morgan fingerprint density at radius 1 is 1.25 bits per heavy atom. The number of phenolic OH excluding ortho intramolecular Hbond substituents is 1. The first-order valence-corrected chi connectivity index (χ1v) is 10.3. The van der Waals surface area contributed by atoms with E-state index in [0.717, 1.165) is 5.56 Å². The Hall–Kier alpha value is -3.68. The zero-order valence-electron chi connectivity index (χ0n) is 18.3. The average molecular weight is 437 g/mol. The molecule has 0 saturated heterocycles. The van der Waals surface area contributed by atoms with E-state index < -0.39 is 17.5 Å². The first kappa shape index (κ1) is 21.5. The molecule has 0 radical (unpaired) electrons. The van der Waals surface area contributed by atoms with E-state index in [0.29, 0.717) is 16.6 Å². The van der Waals surface area contributed by atoms with E-state index in [4.69, 9.17) is 4.74 Å². The van der Waals surface area contributed by atoms with Gasteiger partial charge >= 0.3 is 6.09 Å². The molecule has 8 heteroatoms. The number of amides is 2. The summed E-state index contributed by atoms with van der Waals surface area (Å²) in [5, 5.41) is 11.6. The van der Waals surface area contributed by atoms with Crippen LogP contribution in [0.3, 0.4) is 0 Å². The number of hydrogen-bond donors (Lipinski definition) is 1. The zero-order chi connectivity index (χ0) is 23.2. The Morgan fingerprint density at radius 3 is 2.59 bits per heavy atom. The third-order valence-corrected chi connectivity index (χ3v) is 5.89. The predicted molar refractivity (Wildman–Crippen MR) is 118 cm³/mol. The smallest absolute Gasteiger partial charge is 0.414 e. The van der Waals surface area contributed by atoms with Crippen LogP contribution in [0.25, 0.3) is 10.9 Å². The number of benzene rings is 2. The van der Waals surface area contributed by atoms with Crippen molar-refractivity contribution >= 4 is 28.6 Å². The van der Waals surface area contributed by atoms with E-state index in [1.807, 2.05) is 13.8 Å². The number of nitrogens with zero attached hydrogens (tertiary/aromatic N) is 3. The molecule has 1 aliphatic heterocycles. The molecule has 32 heavy (non-hydrogen) atoms. The molecule has 7 nitrogen and oxygen atoms in total. The highest BCUT2D eigenvalue weighted by Crippen LogP contribution is 2.51. The van der Waals surface area contributed by atoms with Gasteiger partial charge in [-0.3, -0.25) is 14.7 Å². The van der Waals surface area contributed by atoms with Crippen molar-refractivity contribution in [1.29, 1.82) is 0 Å². The van der Waals surface area contributed by atoms with Gasteiger partial charge in [0.25, 0.3) is 5.91 Å². The molecule has 2 amide bonds. The minimum absolute atomic E-state index is 0.106. The number of pyridine rings is 1. The SMILES string of the molecule is CCOC(=O)N(C)c1c2c(c(O)c3ncccc13)C(=O)N(Cc1ccc(F)cc1)C2(C)C. The normalized spacial score (nSPS) is 14.5. The second kappa shape index (κ2) is 7.78. The van der Waals surface area contributed by atoms with Gasteiger partial charge in [-0.05, 0) is 50.6 Å². The van der Waals surface area contributed by atoms with Gasteiger partial charge in [-0.1, -0.05) is 12.1 Å². The molecule has 1 N–H and O–H groups in total. The Balaban J connectivity index is 1.95. The molecule has 1 aliphatic rings. The molecule has 0 saturated carbocycles. The van der Waals surface area contributed by atoms with E-state index in [2.05, 4.69) is 4.98 Å². The maximum absolute atomic E-state index is 13.5. The quantitative estimate of drug-likeness (QED) is 0.647. The number of phenols is 1. The van der Waals surface area contributed by atoms with Crippen LogP contribution in [-0.4, -0.2) is 40.6 Å². The average Bonchev–Trinajstić information content (AvgIpc) is 2.96. The van der Waals surface area contributed by atoms with Gasteiger partial charge in [-0.25, -0.2) is 9.18 Å². The molecule has 0 bridgehead atoms. The fourth-order valence-corrected chi connectivity index (χ4v) is 4.30. The van der Waals surface area contributed by atoms with Gasteiger partial charge in [-0.2, -0.15) is 0 Å². The minimum Gasteiger partial charge on any atom is -0.505 e. The van der Waals surface area contributed by atoms with Crippen molar-refractivity contribution in [3.8, 4) is 5.75 Å². The Morgan fingerprint density at radius 2 is 1.94 bits per heavy atom. The Bertz CT molecular complexity index is 1220. The maximum Gasteiger partial charge on any atom is 0.414 e. The first-order valence-electron chi connectivity index (χ1n) is 10.3. The molecule has 0 fully saturated rings. The highest BCUT2D eigenvalue weighted by atomic mass is 19.1. The van der Waals surface area contributed by atoms with Crippen molar-refractivity contribution in [2.24, 2.45) is 0 Å². The third kappa shape index (κ3) is 3.23. The van der Waals surface area contributed by atoms with Crippen molar-refractivity contribution in [2.45, 2.75) is 32.9 Å². The molecule has 3 aromatic rings. The van der Waals surface area contributed by atoms with Crippen LogP contribution in [0.5, 0.6) is 5.75 Å². The zero-order valence-corrected chi connectivity index (χ0v) is 18.3. The number of aromatic hydroxyl groups is 1. The van der Waals surface area contributed by atoms with Crippen molar-refractivity contribution in [3.63, 3.8) is 0 Å².